The number of rotatable bonds is 5. The molecule has 4 nitrogen and oxygen atoms in total. The molecule has 4 heteroatoms. The lowest BCUT2D eigenvalue weighted by Gasteiger charge is -2.39. The van der Waals surface area contributed by atoms with Crippen molar-refractivity contribution in [3.63, 3.8) is 0 Å². The van der Waals surface area contributed by atoms with E-state index in [1.807, 2.05) is 24.3 Å². The highest BCUT2D eigenvalue weighted by atomic mass is 16.7. The van der Waals surface area contributed by atoms with E-state index >= 15 is 0 Å². The van der Waals surface area contributed by atoms with Gasteiger partial charge in [0.25, 0.3) is 0 Å². The van der Waals surface area contributed by atoms with Crippen molar-refractivity contribution in [2.24, 2.45) is 0 Å². The summed E-state index contributed by atoms with van der Waals surface area (Å²) in [6, 6.07) is 8.14. The number of benzene rings is 1. The fourth-order valence-corrected chi connectivity index (χ4v) is 3.00. The molecule has 1 aromatic carbocycles. The molecule has 1 aromatic rings. The Morgan fingerprint density at radius 2 is 1.74 bits per heavy atom. The molecule has 1 aliphatic heterocycles. The maximum atomic E-state index is 5.80. The normalized spacial score (nSPS) is 20.7. The summed E-state index contributed by atoms with van der Waals surface area (Å²) >= 11 is 0. The molecule has 1 unspecified atom stereocenters. The Bertz CT molecular complexity index is 400. The van der Waals surface area contributed by atoms with Gasteiger partial charge < -0.3 is 14.2 Å². The number of likely N-dealkylation sites (tertiary alicyclic amines) is 1. The smallest absolute Gasteiger partial charge is 0.210 e. The molecule has 0 radical (unpaired) electrons. The molecule has 0 spiro atoms. The Balaban J connectivity index is 2.36. The number of hydrogen-bond acceptors (Lipinski definition) is 4. The first kappa shape index (κ1) is 14.3. The topological polar surface area (TPSA) is 30.9 Å². The molecule has 0 amide bonds. The van der Waals surface area contributed by atoms with Crippen molar-refractivity contribution < 1.29 is 14.2 Å². The van der Waals surface area contributed by atoms with E-state index in [9.17, 15) is 0 Å². The monoisotopic (exact) mass is 265 g/mol. The fourth-order valence-electron chi connectivity index (χ4n) is 3.00. The minimum Gasteiger partial charge on any atom is -0.497 e. The lowest BCUT2D eigenvalue weighted by atomic mass is 9.95. The Kier molecular flexibility index (Phi) is 4.45. The average molecular weight is 265 g/mol. The van der Waals surface area contributed by atoms with Crippen LogP contribution in [-0.4, -0.2) is 45.9 Å². The molecule has 1 atom stereocenters. The molecule has 0 aliphatic carbocycles. The first-order chi connectivity index (χ1) is 9.17. The first-order valence-electron chi connectivity index (χ1n) is 6.63. The van der Waals surface area contributed by atoms with Crippen LogP contribution in [0.3, 0.4) is 0 Å². The summed E-state index contributed by atoms with van der Waals surface area (Å²) in [6.45, 7) is 1.08. The minimum atomic E-state index is -0.711. The summed E-state index contributed by atoms with van der Waals surface area (Å²) in [5, 5.41) is 0. The molecule has 0 N–H and O–H groups in total. The van der Waals surface area contributed by atoms with Crippen molar-refractivity contribution in [1.82, 2.24) is 4.90 Å². The van der Waals surface area contributed by atoms with Gasteiger partial charge in [-0.1, -0.05) is 0 Å². The summed E-state index contributed by atoms with van der Waals surface area (Å²) < 4.78 is 16.8. The van der Waals surface area contributed by atoms with Gasteiger partial charge in [0, 0.05) is 19.8 Å². The lowest BCUT2D eigenvalue weighted by molar-refractivity contribution is -0.247. The second kappa shape index (κ2) is 5.90. The number of ether oxygens (including phenoxy) is 3. The second-order valence-corrected chi connectivity index (χ2v) is 4.94. The zero-order valence-electron chi connectivity index (χ0n) is 12.2. The summed E-state index contributed by atoms with van der Waals surface area (Å²) in [6.07, 6.45) is 2.25. The molecule has 0 aromatic heterocycles. The van der Waals surface area contributed by atoms with Crippen molar-refractivity contribution in [3.05, 3.63) is 29.8 Å². The Hall–Kier alpha value is -1.10. The van der Waals surface area contributed by atoms with Crippen molar-refractivity contribution in [3.8, 4) is 5.75 Å². The zero-order valence-corrected chi connectivity index (χ0v) is 12.2. The Morgan fingerprint density at radius 3 is 2.16 bits per heavy atom. The van der Waals surface area contributed by atoms with E-state index in [2.05, 4.69) is 11.9 Å². The number of nitrogens with zero attached hydrogens (tertiary/aromatic N) is 1. The van der Waals surface area contributed by atoms with E-state index in [-0.39, 0.29) is 6.04 Å². The van der Waals surface area contributed by atoms with Crippen LogP contribution in [0.5, 0.6) is 5.75 Å². The Morgan fingerprint density at radius 1 is 1.11 bits per heavy atom. The summed E-state index contributed by atoms with van der Waals surface area (Å²) in [7, 11) is 7.20. The predicted octanol–water partition coefficient (Wildman–Crippen LogP) is 2.24. The van der Waals surface area contributed by atoms with E-state index in [4.69, 9.17) is 14.2 Å². The fraction of sp³-hybridized carbons (Fsp3) is 0.600. The van der Waals surface area contributed by atoms with Crippen LogP contribution >= 0.6 is 0 Å². The molecule has 1 aliphatic rings. The number of methoxy groups -OCH3 is 3. The summed E-state index contributed by atoms with van der Waals surface area (Å²) in [4.78, 5) is 2.30. The quantitative estimate of drug-likeness (QED) is 0.764. The first-order valence-corrected chi connectivity index (χ1v) is 6.63. The SMILES string of the molecule is COc1ccc(C(OC)(OC)C2CCCN2C)cc1. The Labute approximate surface area is 115 Å². The maximum Gasteiger partial charge on any atom is 0.210 e. The van der Waals surface area contributed by atoms with E-state index in [0.29, 0.717) is 0 Å². The van der Waals surface area contributed by atoms with Crippen LogP contribution in [0.15, 0.2) is 24.3 Å². The van der Waals surface area contributed by atoms with Crippen LogP contribution in [0, 0.1) is 0 Å². The minimum absolute atomic E-state index is 0.232. The van der Waals surface area contributed by atoms with Crippen LogP contribution in [0.1, 0.15) is 18.4 Å². The predicted molar refractivity (Wildman–Crippen MR) is 74.3 cm³/mol. The van der Waals surface area contributed by atoms with Crippen LogP contribution in [0.2, 0.25) is 0 Å². The van der Waals surface area contributed by atoms with Crippen molar-refractivity contribution in [2.45, 2.75) is 24.7 Å². The molecule has 1 heterocycles. The van der Waals surface area contributed by atoms with Crippen molar-refractivity contribution in [2.75, 3.05) is 34.9 Å². The molecule has 1 fully saturated rings. The van der Waals surface area contributed by atoms with Gasteiger partial charge in [0.05, 0.1) is 13.2 Å². The lowest BCUT2D eigenvalue weighted by Crippen LogP contribution is -2.48. The van der Waals surface area contributed by atoms with Gasteiger partial charge in [0.15, 0.2) is 0 Å². The van der Waals surface area contributed by atoms with Gasteiger partial charge in [0.2, 0.25) is 5.79 Å². The molecule has 1 saturated heterocycles. The highest BCUT2D eigenvalue weighted by Gasteiger charge is 2.45. The van der Waals surface area contributed by atoms with E-state index in [0.717, 1.165) is 24.3 Å². The van der Waals surface area contributed by atoms with Crippen molar-refractivity contribution >= 4 is 0 Å². The molecule has 2 rings (SSSR count). The maximum absolute atomic E-state index is 5.80. The molecule has 106 valence electrons. The second-order valence-electron chi connectivity index (χ2n) is 4.94. The van der Waals surface area contributed by atoms with E-state index in [1.54, 1.807) is 21.3 Å². The number of hydrogen-bond donors (Lipinski definition) is 0. The summed E-state index contributed by atoms with van der Waals surface area (Å²) in [5.41, 5.74) is 1.03. The zero-order chi connectivity index (χ0) is 13.9. The van der Waals surface area contributed by atoms with E-state index in [1.165, 1.54) is 6.42 Å². The van der Waals surface area contributed by atoms with Crippen LogP contribution in [0.25, 0.3) is 0 Å². The van der Waals surface area contributed by atoms with Gasteiger partial charge in [-0.05, 0) is 50.7 Å². The average Bonchev–Trinajstić information content (AvgIpc) is 2.89. The highest BCUT2D eigenvalue weighted by Crippen LogP contribution is 2.38. The third-order valence-electron chi connectivity index (χ3n) is 4.06. The van der Waals surface area contributed by atoms with Crippen LogP contribution in [0.4, 0.5) is 0 Å². The van der Waals surface area contributed by atoms with E-state index < -0.39 is 5.79 Å². The van der Waals surface area contributed by atoms with Gasteiger partial charge >= 0.3 is 0 Å². The highest BCUT2D eigenvalue weighted by molar-refractivity contribution is 5.31. The van der Waals surface area contributed by atoms with Crippen LogP contribution < -0.4 is 4.74 Å². The van der Waals surface area contributed by atoms with Crippen LogP contribution in [-0.2, 0) is 15.3 Å². The van der Waals surface area contributed by atoms with Gasteiger partial charge in [-0.25, -0.2) is 0 Å². The number of likely N-dealkylation sites (N-methyl/N-ethyl adjacent to an activating group) is 1. The van der Waals surface area contributed by atoms with Gasteiger partial charge in [-0.2, -0.15) is 0 Å². The third kappa shape index (κ3) is 2.48. The van der Waals surface area contributed by atoms with Gasteiger partial charge in [0.1, 0.15) is 5.75 Å². The standard InChI is InChI=1S/C15H23NO3/c1-16-11-5-6-14(16)15(18-3,19-4)12-7-9-13(17-2)10-8-12/h7-10,14H,5-6,11H2,1-4H3. The summed E-state index contributed by atoms with van der Waals surface area (Å²) in [5.74, 6) is 0.127. The van der Waals surface area contributed by atoms with Crippen molar-refractivity contribution in [1.29, 1.82) is 0 Å². The van der Waals surface area contributed by atoms with Gasteiger partial charge in [-0.15, -0.1) is 0 Å². The molecular formula is C15H23NO3. The molecule has 0 bridgehead atoms. The molecular weight excluding hydrogens is 242 g/mol. The molecule has 0 saturated carbocycles. The van der Waals surface area contributed by atoms with Gasteiger partial charge in [-0.3, -0.25) is 4.90 Å². The largest absolute Gasteiger partial charge is 0.497 e. The third-order valence-corrected chi connectivity index (χ3v) is 4.06. The molecule has 19 heavy (non-hydrogen) atoms.